The molecule has 0 aliphatic carbocycles. The second-order valence-corrected chi connectivity index (χ2v) is 2.29. The van der Waals surface area contributed by atoms with Crippen LogP contribution < -0.4 is 4.74 Å². The van der Waals surface area contributed by atoms with Crippen LogP contribution in [0.4, 0.5) is 0 Å². The highest BCUT2D eigenvalue weighted by molar-refractivity contribution is 5.51. The summed E-state index contributed by atoms with van der Waals surface area (Å²) in [5.74, 6) is 0.504. The average molecular weight is 165 g/mol. The Hall–Kier alpha value is -1.35. The minimum atomic E-state index is -0.0275. The van der Waals surface area contributed by atoms with Crippen LogP contribution in [-0.2, 0) is 6.61 Å². The van der Waals surface area contributed by atoms with Crippen molar-refractivity contribution >= 4 is 6.08 Å². The van der Waals surface area contributed by atoms with E-state index in [1.807, 2.05) is 0 Å². The van der Waals surface area contributed by atoms with Crippen molar-refractivity contribution in [3.05, 3.63) is 30.0 Å². The van der Waals surface area contributed by atoms with Crippen molar-refractivity contribution in [1.82, 2.24) is 4.98 Å². The molecule has 64 valence electrons. The van der Waals surface area contributed by atoms with Crippen LogP contribution in [0.2, 0.25) is 0 Å². The number of nitrogens with zero attached hydrogens (tertiary/aromatic N) is 1. The summed E-state index contributed by atoms with van der Waals surface area (Å²) in [5, 5.41) is 8.94. The van der Waals surface area contributed by atoms with Gasteiger partial charge in [0.2, 0.25) is 5.88 Å². The van der Waals surface area contributed by atoms with E-state index in [1.54, 1.807) is 18.3 Å². The molecule has 0 aliphatic rings. The minimum absolute atomic E-state index is 0.0275. The van der Waals surface area contributed by atoms with Gasteiger partial charge < -0.3 is 9.84 Å². The fourth-order valence-electron chi connectivity index (χ4n) is 0.918. The number of rotatable bonds is 3. The molecule has 1 rings (SSSR count). The highest BCUT2D eigenvalue weighted by Gasteiger charge is 2.00. The molecule has 1 aromatic rings. The van der Waals surface area contributed by atoms with E-state index in [4.69, 9.17) is 9.84 Å². The molecule has 0 radical (unpaired) electrons. The molecule has 0 saturated carbocycles. The zero-order valence-electron chi connectivity index (χ0n) is 6.95. The Morgan fingerprint density at radius 2 is 2.50 bits per heavy atom. The lowest BCUT2D eigenvalue weighted by Crippen LogP contribution is -1.93. The van der Waals surface area contributed by atoms with Crippen molar-refractivity contribution in [2.75, 3.05) is 7.11 Å². The van der Waals surface area contributed by atoms with E-state index in [0.717, 1.165) is 11.1 Å². The molecule has 0 fully saturated rings. The molecule has 0 spiro atoms. The summed E-state index contributed by atoms with van der Waals surface area (Å²) in [6.45, 7) is 3.58. The lowest BCUT2D eigenvalue weighted by atomic mass is 10.1. The topological polar surface area (TPSA) is 42.4 Å². The third-order valence-electron chi connectivity index (χ3n) is 1.60. The lowest BCUT2D eigenvalue weighted by molar-refractivity contribution is 0.280. The Balaban J connectivity index is 3.10. The van der Waals surface area contributed by atoms with Gasteiger partial charge in [-0.25, -0.2) is 4.98 Å². The Labute approximate surface area is 71.3 Å². The molecule has 0 saturated heterocycles. The minimum Gasteiger partial charge on any atom is -0.481 e. The smallest absolute Gasteiger partial charge is 0.213 e. The molecule has 1 heterocycles. The zero-order chi connectivity index (χ0) is 8.97. The van der Waals surface area contributed by atoms with Gasteiger partial charge in [-0.05, 0) is 11.1 Å². The zero-order valence-corrected chi connectivity index (χ0v) is 6.95. The molecule has 0 bridgehead atoms. The maximum Gasteiger partial charge on any atom is 0.213 e. The molecular formula is C9H11NO2. The predicted molar refractivity (Wildman–Crippen MR) is 46.8 cm³/mol. The average Bonchev–Trinajstić information content (AvgIpc) is 2.16. The number of pyridine rings is 1. The van der Waals surface area contributed by atoms with Gasteiger partial charge in [0, 0.05) is 12.3 Å². The molecule has 0 aliphatic heterocycles. The molecule has 0 unspecified atom stereocenters. The van der Waals surface area contributed by atoms with E-state index in [0.29, 0.717) is 5.88 Å². The van der Waals surface area contributed by atoms with Gasteiger partial charge in [0.25, 0.3) is 0 Å². The molecule has 1 aromatic heterocycles. The van der Waals surface area contributed by atoms with Crippen LogP contribution in [-0.4, -0.2) is 17.2 Å². The van der Waals surface area contributed by atoms with E-state index in [9.17, 15) is 0 Å². The summed E-state index contributed by atoms with van der Waals surface area (Å²) in [7, 11) is 1.54. The lowest BCUT2D eigenvalue weighted by Gasteiger charge is -2.04. The Bertz CT molecular complexity index is 284. The fourth-order valence-corrected chi connectivity index (χ4v) is 0.918. The van der Waals surface area contributed by atoms with E-state index < -0.39 is 0 Å². The number of aliphatic hydroxyl groups excluding tert-OH is 1. The highest BCUT2D eigenvalue weighted by Crippen LogP contribution is 2.14. The number of hydrogen-bond donors (Lipinski definition) is 1. The monoisotopic (exact) mass is 165 g/mol. The van der Waals surface area contributed by atoms with Crippen LogP contribution >= 0.6 is 0 Å². The molecule has 0 atom stereocenters. The van der Waals surface area contributed by atoms with E-state index in [-0.39, 0.29) is 6.61 Å². The maximum atomic E-state index is 8.94. The molecule has 3 heteroatoms. The van der Waals surface area contributed by atoms with Crippen molar-refractivity contribution in [3.63, 3.8) is 0 Å². The van der Waals surface area contributed by atoms with Crippen molar-refractivity contribution in [2.24, 2.45) is 0 Å². The Morgan fingerprint density at radius 3 is 3.00 bits per heavy atom. The summed E-state index contributed by atoms with van der Waals surface area (Å²) in [6.07, 6.45) is 3.27. The second kappa shape index (κ2) is 3.88. The quantitative estimate of drug-likeness (QED) is 0.732. The van der Waals surface area contributed by atoms with Gasteiger partial charge >= 0.3 is 0 Å². The Morgan fingerprint density at radius 1 is 1.75 bits per heavy atom. The molecule has 3 nitrogen and oxygen atoms in total. The van der Waals surface area contributed by atoms with Gasteiger partial charge in [-0.15, -0.1) is 0 Å². The predicted octanol–water partition coefficient (Wildman–Crippen LogP) is 1.23. The maximum absolute atomic E-state index is 8.94. The molecular weight excluding hydrogens is 154 g/mol. The van der Waals surface area contributed by atoms with Gasteiger partial charge in [-0.1, -0.05) is 12.7 Å². The Kier molecular flexibility index (Phi) is 2.82. The molecule has 12 heavy (non-hydrogen) atoms. The third kappa shape index (κ3) is 1.62. The number of aliphatic hydroxyl groups is 1. The van der Waals surface area contributed by atoms with Gasteiger partial charge in [-0.2, -0.15) is 0 Å². The van der Waals surface area contributed by atoms with Crippen LogP contribution in [0.25, 0.3) is 6.08 Å². The summed E-state index contributed by atoms with van der Waals surface area (Å²) in [4.78, 5) is 3.97. The van der Waals surface area contributed by atoms with Crippen LogP contribution in [0.3, 0.4) is 0 Å². The number of hydrogen-bond acceptors (Lipinski definition) is 3. The largest absolute Gasteiger partial charge is 0.481 e. The summed E-state index contributed by atoms with van der Waals surface area (Å²) < 4.78 is 4.90. The molecule has 1 N–H and O–H groups in total. The van der Waals surface area contributed by atoms with E-state index in [2.05, 4.69) is 11.6 Å². The van der Waals surface area contributed by atoms with Gasteiger partial charge in [0.1, 0.15) is 0 Å². The number of ether oxygens (including phenoxy) is 1. The molecule has 0 aromatic carbocycles. The van der Waals surface area contributed by atoms with Gasteiger partial charge in [0.05, 0.1) is 13.7 Å². The van der Waals surface area contributed by atoms with Crippen molar-refractivity contribution in [2.45, 2.75) is 6.61 Å². The second-order valence-electron chi connectivity index (χ2n) is 2.29. The summed E-state index contributed by atoms with van der Waals surface area (Å²) >= 11 is 0. The van der Waals surface area contributed by atoms with Gasteiger partial charge in [0.15, 0.2) is 0 Å². The number of methoxy groups -OCH3 is 1. The fraction of sp³-hybridized carbons (Fsp3) is 0.222. The van der Waals surface area contributed by atoms with E-state index in [1.165, 1.54) is 7.11 Å². The van der Waals surface area contributed by atoms with Crippen LogP contribution in [0.5, 0.6) is 5.88 Å². The van der Waals surface area contributed by atoms with Crippen molar-refractivity contribution in [3.8, 4) is 5.88 Å². The number of aromatic nitrogens is 1. The first-order valence-corrected chi connectivity index (χ1v) is 3.58. The van der Waals surface area contributed by atoms with E-state index >= 15 is 0 Å². The molecule has 0 amide bonds. The SMILES string of the molecule is C=Cc1cnc(OC)cc1CO. The normalized spacial score (nSPS) is 9.50. The highest BCUT2D eigenvalue weighted by atomic mass is 16.5. The van der Waals surface area contributed by atoms with Gasteiger partial charge in [-0.3, -0.25) is 0 Å². The first-order valence-electron chi connectivity index (χ1n) is 3.58. The third-order valence-corrected chi connectivity index (χ3v) is 1.60. The summed E-state index contributed by atoms with van der Waals surface area (Å²) in [5.41, 5.74) is 1.61. The first-order chi connectivity index (χ1) is 5.81. The van der Waals surface area contributed by atoms with Crippen LogP contribution in [0.1, 0.15) is 11.1 Å². The first kappa shape index (κ1) is 8.74. The van der Waals surface area contributed by atoms with Crippen molar-refractivity contribution < 1.29 is 9.84 Å². The van der Waals surface area contributed by atoms with Crippen LogP contribution in [0.15, 0.2) is 18.8 Å². The standard InChI is InChI=1S/C9H11NO2/c1-3-7-5-10-9(12-2)4-8(7)6-11/h3-5,11H,1,6H2,2H3. The van der Waals surface area contributed by atoms with Crippen LogP contribution in [0, 0.1) is 0 Å². The summed E-state index contributed by atoms with van der Waals surface area (Å²) in [6, 6.07) is 1.69. The van der Waals surface area contributed by atoms with Crippen molar-refractivity contribution in [1.29, 1.82) is 0 Å².